The Labute approximate surface area is 145 Å². The molecule has 0 atom stereocenters. The summed E-state index contributed by atoms with van der Waals surface area (Å²) in [5.41, 5.74) is 1.68. The lowest BCUT2D eigenvalue weighted by Crippen LogP contribution is -2.05. The molecule has 5 nitrogen and oxygen atoms in total. The Morgan fingerprint density at radius 2 is 2.00 bits per heavy atom. The first-order valence-corrected chi connectivity index (χ1v) is 8.61. The third-order valence-corrected chi connectivity index (χ3v) is 4.79. The maximum atomic E-state index is 12.0. The molecule has 2 heterocycles. The number of rotatable bonds is 5. The second-order valence-electron chi connectivity index (χ2n) is 4.73. The molecule has 0 amide bonds. The van der Waals surface area contributed by atoms with E-state index in [9.17, 15) is 4.79 Å². The third-order valence-electron chi connectivity index (χ3n) is 3.18. The van der Waals surface area contributed by atoms with Crippen molar-refractivity contribution in [3.05, 3.63) is 57.2 Å². The summed E-state index contributed by atoms with van der Waals surface area (Å²) in [6.07, 6.45) is 0.929. The minimum Gasteiger partial charge on any atom is -0.452 e. The molecule has 0 fully saturated rings. The summed E-state index contributed by atoms with van der Waals surface area (Å²) >= 11 is 4.87. The van der Waals surface area contributed by atoms with Gasteiger partial charge in [-0.3, -0.25) is 0 Å². The van der Waals surface area contributed by atoms with Crippen molar-refractivity contribution in [2.75, 3.05) is 0 Å². The van der Waals surface area contributed by atoms with Gasteiger partial charge >= 0.3 is 5.97 Å². The Balaban J connectivity index is 1.61. The number of carbonyl (C=O) groups excluding carboxylic acids is 1. The van der Waals surface area contributed by atoms with E-state index < -0.39 is 5.97 Å². The number of benzene rings is 1. The second-order valence-corrected chi connectivity index (χ2v) is 7.19. The first-order chi connectivity index (χ1) is 11.2. The fraction of sp³-hybridized carbons (Fsp3) is 0.188. The molecule has 23 heavy (non-hydrogen) atoms. The van der Waals surface area contributed by atoms with Gasteiger partial charge in [0.25, 0.3) is 11.8 Å². The summed E-state index contributed by atoms with van der Waals surface area (Å²) in [5, 5.41) is 7.85. The Hall–Kier alpha value is -1.99. The molecular formula is C16H13BrN2O3S. The lowest BCUT2D eigenvalue weighted by atomic mass is 10.1. The molecule has 2 aromatic heterocycles. The molecular weight excluding hydrogens is 380 g/mol. The average Bonchev–Trinajstić information content (AvgIpc) is 3.21. The lowest BCUT2D eigenvalue weighted by molar-refractivity contribution is 0.0438. The molecule has 0 aliphatic rings. The Kier molecular flexibility index (Phi) is 4.88. The van der Waals surface area contributed by atoms with E-state index in [0.717, 1.165) is 15.1 Å². The zero-order chi connectivity index (χ0) is 16.2. The number of halogens is 1. The van der Waals surface area contributed by atoms with Crippen LogP contribution in [0.25, 0.3) is 10.8 Å². The summed E-state index contributed by atoms with van der Waals surface area (Å²) in [7, 11) is 0. The number of nitrogens with zero attached hydrogens (tertiary/aromatic N) is 2. The number of aromatic nitrogens is 2. The maximum absolute atomic E-state index is 12.0. The summed E-state index contributed by atoms with van der Waals surface area (Å²) in [4.78, 5) is 12.8. The zero-order valence-corrected chi connectivity index (χ0v) is 14.7. The molecule has 118 valence electrons. The van der Waals surface area contributed by atoms with Crippen LogP contribution >= 0.6 is 27.3 Å². The van der Waals surface area contributed by atoms with Crippen LogP contribution in [0.2, 0.25) is 0 Å². The van der Waals surface area contributed by atoms with Crippen LogP contribution < -0.4 is 0 Å². The smallest absolute Gasteiger partial charge is 0.338 e. The molecule has 0 saturated carbocycles. The highest BCUT2D eigenvalue weighted by molar-refractivity contribution is 9.11. The fourth-order valence-corrected chi connectivity index (χ4v) is 3.24. The molecule has 0 bridgehead atoms. The standard InChI is InChI=1S/C16H13BrN2O3S/c1-2-10-3-5-11(6-4-10)16(20)21-9-14-18-19-15(22-14)12-7-8-13(17)23-12/h3-8H,2,9H2,1H3. The number of carbonyl (C=O) groups is 1. The number of thiophene rings is 1. The number of hydrogen-bond donors (Lipinski definition) is 0. The van der Waals surface area contributed by atoms with Gasteiger partial charge in [-0.1, -0.05) is 19.1 Å². The van der Waals surface area contributed by atoms with Crippen LogP contribution in [0.4, 0.5) is 0 Å². The van der Waals surface area contributed by atoms with E-state index in [1.54, 1.807) is 12.1 Å². The van der Waals surface area contributed by atoms with E-state index in [0.29, 0.717) is 11.5 Å². The fourth-order valence-electron chi connectivity index (χ4n) is 1.93. The van der Waals surface area contributed by atoms with Gasteiger partial charge in [0.05, 0.1) is 14.2 Å². The summed E-state index contributed by atoms with van der Waals surface area (Å²) in [5.74, 6) is 0.272. The topological polar surface area (TPSA) is 65.2 Å². The summed E-state index contributed by atoms with van der Waals surface area (Å²) in [6.45, 7) is 2.01. The van der Waals surface area contributed by atoms with Gasteiger partial charge in [0.1, 0.15) is 0 Å². The van der Waals surface area contributed by atoms with Crippen molar-refractivity contribution in [3.8, 4) is 10.8 Å². The van der Waals surface area contributed by atoms with E-state index in [4.69, 9.17) is 9.15 Å². The van der Waals surface area contributed by atoms with E-state index in [2.05, 4.69) is 33.1 Å². The highest BCUT2D eigenvalue weighted by atomic mass is 79.9. The van der Waals surface area contributed by atoms with Crippen molar-refractivity contribution in [3.63, 3.8) is 0 Å². The first-order valence-electron chi connectivity index (χ1n) is 7.00. The summed E-state index contributed by atoms with van der Waals surface area (Å²) < 4.78 is 11.7. The predicted molar refractivity (Wildman–Crippen MR) is 90.3 cm³/mol. The maximum Gasteiger partial charge on any atom is 0.338 e. The van der Waals surface area contributed by atoms with Crippen LogP contribution in [0.3, 0.4) is 0 Å². The van der Waals surface area contributed by atoms with E-state index >= 15 is 0 Å². The number of hydrogen-bond acceptors (Lipinski definition) is 6. The van der Waals surface area contributed by atoms with Crippen molar-refractivity contribution in [1.29, 1.82) is 0 Å². The molecule has 7 heteroatoms. The van der Waals surface area contributed by atoms with Crippen LogP contribution in [-0.4, -0.2) is 16.2 Å². The number of ether oxygens (including phenoxy) is 1. The predicted octanol–water partition coefficient (Wildman–Crippen LogP) is 4.48. The first kappa shape index (κ1) is 15.9. The van der Waals surface area contributed by atoms with Crippen molar-refractivity contribution in [2.24, 2.45) is 0 Å². The molecule has 3 aromatic rings. The van der Waals surface area contributed by atoms with Crippen LogP contribution in [0.5, 0.6) is 0 Å². The van der Waals surface area contributed by atoms with Gasteiger partial charge < -0.3 is 9.15 Å². The van der Waals surface area contributed by atoms with E-state index in [-0.39, 0.29) is 12.5 Å². The normalized spacial score (nSPS) is 10.7. The van der Waals surface area contributed by atoms with Crippen molar-refractivity contribution in [1.82, 2.24) is 10.2 Å². The lowest BCUT2D eigenvalue weighted by Gasteiger charge is -2.03. The quantitative estimate of drug-likeness (QED) is 0.598. The van der Waals surface area contributed by atoms with Gasteiger partial charge in [-0.05, 0) is 52.2 Å². The van der Waals surface area contributed by atoms with Crippen LogP contribution in [0.1, 0.15) is 28.7 Å². The molecule has 0 unspecified atom stereocenters. The Morgan fingerprint density at radius 1 is 1.22 bits per heavy atom. The van der Waals surface area contributed by atoms with Crippen LogP contribution in [0.15, 0.2) is 44.6 Å². The minimum atomic E-state index is -0.411. The van der Waals surface area contributed by atoms with Crippen molar-refractivity contribution < 1.29 is 13.9 Å². The number of aryl methyl sites for hydroxylation is 1. The third kappa shape index (κ3) is 3.86. The monoisotopic (exact) mass is 392 g/mol. The van der Waals surface area contributed by atoms with Gasteiger partial charge in [-0.25, -0.2) is 4.79 Å². The molecule has 0 aliphatic carbocycles. The molecule has 3 rings (SSSR count). The van der Waals surface area contributed by atoms with Crippen molar-refractivity contribution in [2.45, 2.75) is 20.0 Å². The largest absolute Gasteiger partial charge is 0.452 e. The van der Waals surface area contributed by atoms with Gasteiger partial charge in [0.15, 0.2) is 6.61 Å². The minimum absolute atomic E-state index is 0.0477. The average molecular weight is 393 g/mol. The van der Waals surface area contributed by atoms with Gasteiger partial charge in [0.2, 0.25) is 0 Å². The SMILES string of the molecule is CCc1ccc(C(=O)OCc2nnc(-c3ccc(Br)s3)o2)cc1. The highest BCUT2D eigenvalue weighted by Crippen LogP contribution is 2.30. The van der Waals surface area contributed by atoms with Gasteiger partial charge in [-0.15, -0.1) is 21.5 Å². The molecule has 0 aliphatic heterocycles. The molecule has 1 aromatic carbocycles. The second kappa shape index (κ2) is 7.06. The molecule has 0 spiro atoms. The Bertz CT molecular complexity index is 811. The number of esters is 1. The zero-order valence-electron chi connectivity index (χ0n) is 12.3. The van der Waals surface area contributed by atoms with Crippen LogP contribution in [0, 0.1) is 0 Å². The van der Waals surface area contributed by atoms with Crippen molar-refractivity contribution >= 4 is 33.2 Å². The van der Waals surface area contributed by atoms with Gasteiger partial charge in [0, 0.05) is 0 Å². The van der Waals surface area contributed by atoms with Gasteiger partial charge in [-0.2, -0.15) is 0 Å². The highest BCUT2D eigenvalue weighted by Gasteiger charge is 2.13. The van der Waals surface area contributed by atoms with Crippen LogP contribution in [-0.2, 0) is 17.8 Å². The molecule has 0 saturated heterocycles. The molecule has 0 N–H and O–H groups in total. The van der Waals surface area contributed by atoms with E-state index in [1.165, 1.54) is 16.9 Å². The van der Waals surface area contributed by atoms with E-state index in [1.807, 2.05) is 24.3 Å². The Morgan fingerprint density at radius 3 is 2.65 bits per heavy atom. The molecule has 0 radical (unpaired) electrons. The summed E-state index contributed by atoms with van der Waals surface area (Å²) in [6, 6.07) is 11.1.